The number of H-pyrrole nitrogens is 1. The van der Waals surface area contributed by atoms with E-state index in [-0.39, 0.29) is 18.4 Å². The number of aryl methyl sites for hydroxylation is 1. The molecular formula is C16H19ClN4O2. The van der Waals surface area contributed by atoms with Gasteiger partial charge in [0.2, 0.25) is 5.91 Å². The molecule has 2 N–H and O–H groups in total. The number of nitrogens with zero attached hydrogens (tertiary/aromatic N) is 2. The van der Waals surface area contributed by atoms with E-state index < -0.39 is 0 Å². The van der Waals surface area contributed by atoms with E-state index in [4.69, 9.17) is 11.6 Å². The summed E-state index contributed by atoms with van der Waals surface area (Å²) in [7, 11) is 0. The van der Waals surface area contributed by atoms with E-state index in [0.29, 0.717) is 22.9 Å². The Labute approximate surface area is 139 Å². The maximum Gasteiger partial charge on any atom is 0.274 e. The minimum Gasteiger partial charge on any atom is -0.328 e. The van der Waals surface area contributed by atoms with Crippen LogP contribution in [0.5, 0.6) is 0 Å². The number of amides is 2. The van der Waals surface area contributed by atoms with Crippen LogP contribution in [-0.4, -0.2) is 40.0 Å². The average molecular weight is 335 g/mol. The van der Waals surface area contributed by atoms with Crippen molar-refractivity contribution >= 4 is 29.1 Å². The van der Waals surface area contributed by atoms with Gasteiger partial charge in [-0.05, 0) is 43.7 Å². The van der Waals surface area contributed by atoms with E-state index in [1.807, 2.05) is 13.8 Å². The number of aromatic nitrogens is 2. The van der Waals surface area contributed by atoms with E-state index in [2.05, 4.69) is 15.5 Å². The number of nitrogens with one attached hydrogen (secondary N) is 2. The molecule has 0 fully saturated rings. The molecule has 0 bridgehead atoms. The van der Waals surface area contributed by atoms with Crippen LogP contribution in [0.25, 0.3) is 0 Å². The lowest BCUT2D eigenvalue weighted by Gasteiger charge is -2.20. The predicted molar refractivity (Wildman–Crippen MR) is 89.6 cm³/mol. The summed E-state index contributed by atoms with van der Waals surface area (Å²) in [6, 6.07) is 8.48. The van der Waals surface area contributed by atoms with Crippen molar-refractivity contribution in [2.75, 3.05) is 18.4 Å². The monoisotopic (exact) mass is 334 g/mol. The normalized spacial score (nSPS) is 10.4. The number of carbonyl (C=O) groups excluding carboxylic acids is 2. The highest BCUT2D eigenvalue weighted by molar-refractivity contribution is 6.30. The summed E-state index contributed by atoms with van der Waals surface area (Å²) in [6.45, 7) is 4.23. The van der Waals surface area contributed by atoms with Gasteiger partial charge in [0.15, 0.2) is 0 Å². The fraction of sp³-hybridized carbons (Fsp3) is 0.312. The van der Waals surface area contributed by atoms with E-state index in [9.17, 15) is 9.59 Å². The Bertz CT molecular complexity index is 682. The standard InChI is InChI=1S/C16H19ClN4O2/c1-3-8-21(16(23)14-9-11(2)19-20-14)10-15(22)18-13-6-4-12(17)5-7-13/h4-7,9H,3,8,10H2,1-2H3,(H,18,22)(H,19,20). The molecule has 0 atom stereocenters. The fourth-order valence-electron chi connectivity index (χ4n) is 2.12. The summed E-state index contributed by atoms with van der Waals surface area (Å²) in [4.78, 5) is 26.1. The highest BCUT2D eigenvalue weighted by Gasteiger charge is 2.20. The van der Waals surface area contributed by atoms with Gasteiger partial charge in [0.25, 0.3) is 5.91 Å². The third-order valence-corrected chi connectivity index (χ3v) is 3.42. The molecule has 1 aromatic heterocycles. The number of aromatic amines is 1. The van der Waals surface area contributed by atoms with Crippen molar-refractivity contribution in [2.45, 2.75) is 20.3 Å². The zero-order chi connectivity index (χ0) is 16.8. The molecule has 122 valence electrons. The molecule has 7 heteroatoms. The van der Waals surface area contributed by atoms with Crippen LogP contribution in [0.15, 0.2) is 30.3 Å². The fourth-order valence-corrected chi connectivity index (χ4v) is 2.24. The molecule has 0 saturated carbocycles. The third-order valence-electron chi connectivity index (χ3n) is 3.17. The molecule has 6 nitrogen and oxygen atoms in total. The Kier molecular flexibility index (Phi) is 5.76. The van der Waals surface area contributed by atoms with Gasteiger partial charge in [0.05, 0.1) is 0 Å². The second kappa shape index (κ2) is 7.78. The molecule has 23 heavy (non-hydrogen) atoms. The van der Waals surface area contributed by atoms with Crippen LogP contribution in [0.3, 0.4) is 0 Å². The third kappa shape index (κ3) is 4.82. The van der Waals surface area contributed by atoms with Gasteiger partial charge in [-0.3, -0.25) is 14.7 Å². The first kappa shape index (κ1) is 17.0. The Morgan fingerprint density at radius 1 is 1.30 bits per heavy atom. The summed E-state index contributed by atoms with van der Waals surface area (Å²) in [5.41, 5.74) is 1.75. The van der Waals surface area contributed by atoms with Crippen molar-refractivity contribution in [3.8, 4) is 0 Å². The average Bonchev–Trinajstić information content (AvgIpc) is 2.95. The van der Waals surface area contributed by atoms with Crippen LogP contribution in [0.2, 0.25) is 5.02 Å². The molecule has 0 aliphatic rings. The molecular weight excluding hydrogens is 316 g/mol. The number of anilines is 1. The highest BCUT2D eigenvalue weighted by atomic mass is 35.5. The lowest BCUT2D eigenvalue weighted by atomic mass is 10.3. The topological polar surface area (TPSA) is 78.1 Å². The summed E-state index contributed by atoms with van der Waals surface area (Å²) < 4.78 is 0. The summed E-state index contributed by atoms with van der Waals surface area (Å²) >= 11 is 5.81. The number of carbonyl (C=O) groups is 2. The van der Waals surface area contributed by atoms with Gasteiger partial charge in [-0.25, -0.2) is 0 Å². The molecule has 2 rings (SSSR count). The van der Waals surface area contributed by atoms with Crippen LogP contribution in [0.1, 0.15) is 29.5 Å². The minimum atomic E-state index is -0.263. The van der Waals surface area contributed by atoms with Crippen molar-refractivity contribution < 1.29 is 9.59 Å². The van der Waals surface area contributed by atoms with Crippen molar-refractivity contribution in [1.29, 1.82) is 0 Å². The van der Waals surface area contributed by atoms with Crippen molar-refractivity contribution in [3.63, 3.8) is 0 Å². The van der Waals surface area contributed by atoms with E-state index >= 15 is 0 Å². The zero-order valence-electron chi connectivity index (χ0n) is 13.1. The first-order valence-electron chi connectivity index (χ1n) is 7.36. The second-order valence-corrected chi connectivity index (χ2v) is 5.65. The molecule has 2 aromatic rings. The number of benzene rings is 1. The minimum absolute atomic E-state index is 0.0266. The molecule has 0 saturated heterocycles. The lowest BCUT2D eigenvalue weighted by molar-refractivity contribution is -0.116. The predicted octanol–water partition coefficient (Wildman–Crippen LogP) is 2.86. The Morgan fingerprint density at radius 2 is 2.00 bits per heavy atom. The number of rotatable bonds is 6. The summed E-state index contributed by atoms with van der Waals surface area (Å²) in [5.74, 6) is -0.524. The van der Waals surface area contributed by atoms with E-state index in [1.165, 1.54) is 4.90 Å². The quantitative estimate of drug-likeness (QED) is 0.852. The van der Waals surface area contributed by atoms with Crippen LogP contribution >= 0.6 is 11.6 Å². The maximum absolute atomic E-state index is 12.4. The van der Waals surface area contributed by atoms with Gasteiger partial charge in [0.1, 0.15) is 12.2 Å². The molecule has 0 radical (unpaired) electrons. The molecule has 2 amide bonds. The molecule has 1 aromatic carbocycles. The first-order chi connectivity index (χ1) is 11.0. The zero-order valence-corrected chi connectivity index (χ0v) is 13.9. The molecule has 0 aliphatic carbocycles. The maximum atomic E-state index is 12.4. The van der Waals surface area contributed by atoms with Gasteiger partial charge in [-0.1, -0.05) is 18.5 Å². The smallest absolute Gasteiger partial charge is 0.274 e. The van der Waals surface area contributed by atoms with Gasteiger partial charge in [-0.2, -0.15) is 5.10 Å². The van der Waals surface area contributed by atoms with Crippen LogP contribution in [0.4, 0.5) is 5.69 Å². The molecule has 0 aliphatic heterocycles. The first-order valence-corrected chi connectivity index (χ1v) is 7.74. The van der Waals surface area contributed by atoms with E-state index in [0.717, 1.165) is 12.1 Å². The largest absolute Gasteiger partial charge is 0.328 e. The Balaban J connectivity index is 2.02. The lowest BCUT2D eigenvalue weighted by Crippen LogP contribution is -2.38. The summed E-state index contributed by atoms with van der Waals surface area (Å²) in [5, 5.41) is 10.0. The SMILES string of the molecule is CCCN(CC(=O)Nc1ccc(Cl)cc1)C(=O)c1cc(C)[nH]n1. The Hall–Kier alpha value is -2.34. The van der Waals surface area contributed by atoms with Crippen LogP contribution in [0, 0.1) is 6.92 Å². The van der Waals surface area contributed by atoms with Crippen molar-refractivity contribution in [2.24, 2.45) is 0 Å². The van der Waals surface area contributed by atoms with E-state index in [1.54, 1.807) is 30.3 Å². The summed E-state index contributed by atoms with van der Waals surface area (Å²) in [6.07, 6.45) is 0.753. The van der Waals surface area contributed by atoms with Crippen molar-refractivity contribution in [3.05, 3.63) is 46.7 Å². The van der Waals surface area contributed by atoms with Gasteiger partial charge >= 0.3 is 0 Å². The van der Waals surface area contributed by atoms with Gasteiger partial charge < -0.3 is 10.2 Å². The molecule has 1 heterocycles. The number of halogens is 1. The Morgan fingerprint density at radius 3 is 2.57 bits per heavy atom. The number of hydrogen-bond acceptors (Lipinski definition) is 3. The molecule has 0 unspecified atom stereocenters. The number of hydrogen-bond donors (Lipinski definition) is 2. The van der Waals surface area contributed by atoms with Crippen LogP contribution in [-0.2, 0) is 4.79 Å². The highest BCUT2D eigenvalue weighted by Crippen LogP contribution is 2.13. The molecule has 0 spiro atoms. The van der Waals surface area contributed by atoms with Gasteiger partial charge in [0, 0.05) is 22.9 Å². The van der Waals surface area contributed by atoms with Crippen LogP contribution < -0.4 is 5.32 Å². The van der Waals surface area contributed by atoms with Gasteiger partial charge in [-0.15, -0.1) is 0 Å². The second-order valence-electron chi connectivity index (χ2n) is 5.22. The van der Waals surface area contributed by atoms with Crippen molar-refractivity contribution in [1.82, 2.24) is 15.1 Å².